The van der Waals surface area contributed by atoms with Crippen LogP contribution in [0, 0.1) is 5.92 Å². The van der Waals surface area contributed by atoms with Gasteiger partial charge in [-0.05, 0) is 25.0 Å². The summed E-state index contributed by atoms with van der Waals surface area (Å²) in [7, 11) is 1.69. The second kappa shape index (κ2) is 9.30. The third kappa shape index (κ3) is 4.28. The van der Waals surface area contributed by atoms with Crippen LogP contribution in [0.1, 0.15) is 26.8 Å². The van der Waals surface area contributed by atoms with E-state index in [9.17, 15) is 0 Å². The summed E-state index contributed by atoms with van der Waals surface area (Å²) in [6, 6.07) is 6.36. The molecule has 0 saturated carbocycles. The number of anilines is 3. The van der Waals surface area contributed by atoms with Crippen LogP contribution in [0.3, 0.4) is 0 Å². The molecule has 0 radical (unpaired) electrons. The number of H-pyrrole nitrogens is 1. The third-order valence-corrected chi connectivity index (χ3v) is 6.34. The number of fused-ring (bicyclic) bond motifs is 1. The average Bonchev–Trinajstić information content (AvgIpc) is 3.54. The van der Waals surface area contributed by atoms with Gasteiger partial charge in [0.1, 0.15) is 16.8 Å². The molecule has 178 valence electrons. The number of aromatic amines is 1. The van der Waals surface area contributed by atoms with Gasteiger partial charge in [-0.2, -0.15) is 10.2 Å². The smallest absolute Gasteiger partial charge is 0.165 e. The van der Waals surface area contributed by atoms with Gasteiger partial charge in [0.2, 0.25) is 0 Å². The summed E-state index contributed by atoms with van der Waals surface area (Å²) in [6.45, 7) is 9.64. The first-order valence-electron chi connectivity index (χ1n) is 11.6. The Hall–Kier alpha value is -3.66. The molecule has 1 unspecified atom stereocenters. The van der Waals surface area contributed by atoms with Crippen molar-refractivity contribution in [1.29, 1.82) is 0 Å². The van der Waals surface area contributed by atoms with Gasteiger partial charge >= 0.3 is 0 Å². The summed E-state index contributed by atoms with van der Waals surface area (Å²) in [6.07, 6.45) is 5.51. The Labute approximate surface area is 198 Å². The summed E-state index contributed by atoms with van der Waals surface area (Å²) in [5.74, 6) is 2.50. The van der Waals surface area contributed by atoms with Crippen LogP contribution in [-0.4, -0.2) is 63.4 Å². The molecule has 4 heterocycles. The minimum atomic E-state index is 0.279. The molecule has 1 saturated heterocycles. The van der Waals surface area contributed by atoms with E-state index in [0.717, 1.165) is 60.0 Å². The highest BCUT2D eigenvalue weighted by atomic mass is 16.5. The van der Waals surface area contributed by atoms with Crippen LogP contribution in [0.15, 0.2) is 36.8 Å². The predicted octanol–water partition coefficient (Wildman–Crippen LogP) is 4.02. The molecule has 0 aliphatic carbocycles. The molecule has 1 atom stereocenters. The zero-order valence-corrected chi connectivity index (χ0v) is 19.9. The van der Waals surface area contributed by atoms with E-state index in [1.165, 1.54) is 0 Å². The van der Waals surface area contributed by atoms with Gasteiger partial charge in [-0.15, -0.1) is 0 Å². The van der Waals surface area contributed by atoms with Crippen molar-refractivity contribution < 1.29 is 9.47 Å². The zero-order chi connectivity index (χ0) is 23.7. The first kappa shape index (κ1) is 22.1. The molecule has 1 aliphatic heterocycles. The monoisotopic (exact) mass is 462 g/mol. The lowest BCUT2D eigenvalue weighted by Gasteiger charge is -2.30. The molecule has 1 fully saturated rings. The van der Waals surface area contributed by atoms with Gasteiger partial charge in [-0.1, -0.05) is 13.8 Å². The molecule has 1 aliphatic rings. The quantitative estimate of drug-likeness (QED) is 0.424. The standard InChI is InChI=1S/C24H30N8O2/c1-15(2)16(3)32-14-17(12-26-32)23-28-19-13-25-30-22(19)24(29-23)27-18-5-6-20(21(11-18)33-4)31-7-9-34-10-8-31/h5-6,11-16H,7-10H2,1-4H3,(H,25,30)(H,27,28,29). The zero-order valence-electron chi connectivity index (χ0n) is 19.9. The molecule has 5 rings (SSSR count). The Morgan fingerprint density at radius 2 is 1.94 bits per heavy atom. The number of hydrogen-bond donors (Lipinski definition) is 2. The highest BCUT2D eigenvalue weighted by molar-refractivity contribution is 5.88. The highest BCUT2D eigenvalue weighted by Gasteiger charge is 2.18. The minimum Gasteiger partial charge on any atom is -0.495 e. The Kier molecular flexibility index (Phi) is 6.06. The lowest BCUT2D eigenvalue weighted by Crippen LogP contribution is -2.36. The van der Waals surface area contributed by atoms with Gasteiger partial charge in [-0.25, -0.2) is 9.97 Å². The normalized spacial score (nSPS) is 15.1. The average molecular weight is 463 g/mol. The topological polar surface area (TPSA) is 106 Å². The van der Waals surface area contributed by atoms with Gasteiger partial charge < -0.3 is 19.7 Å². The van der Waals surface area contributed by atoms with Gasteiger partial charge in [0.25, 0.3) is 0 Å². The molecule has 10 nitrogen and oxygen atoms in total. The first-order valence-corrected chi connectivity index (χ1v) is 11.6. The molecular formula is C24H30N8O2. The van der Waals surface area contributed by atoms with E-state index in [1.54, 1.807) is 13.3 Å². The molecule has 2 N–H and O–H groups in total. The number of nitrogens with one attached hydrogen (secondary N) is 2. The van der Waals surface area contributed by atoms with E-state index in [2.05, 4.69) is 52.4 Å². The van der Waals surface area contributed by atoms with Crippen LogP contribution in [0.4, 0.5) is 17.2 Å². The third-order valence-electron chi connectivity index (χ3n) is 6.34. The number of rotatable bonds is 7. The molecule has 0 spiro atoms. The maximum atomic E-state index is 5.70. The van der Waals surface area contributed by atoms with Crippen molar-refractivity contribution in [2.45, 2.75) is 26.8 Å². The van der Waals surface area contributed by atoms with E-state index >= 15 is 0 Å². The van der Waals surface area contributed by atoms with Gasteiger partial charge in [0.05, 0.1) is 50.0 Å². The summed E-state index contributed by atoms with van der Waals surface area (Å²) in [5.41, 5.74) is 4.24. The summed E-state index contributed by atoms with van der Waals surface area (Å²) >= 11 is 0. The highest BCUT2D eigenvalue weighted by Crippen LogP contribution is 2.34. The Morgan fingerprint density at radius 3 is 2.71 bits per heavy atom. The lowest BCUT2D eigenvalue weighted by molar-refractivity contribution is 0.122. The molecule has 0 amide bonds. The maximum absolute atomic E-state index is 5.70. The van der Waals surface area contributed by atoms with Crippen molar-refractivity contribution in [3.05, 3.63) is 36.8 Å². The summed E-state index contributed by atoms with van der Waals surface area (Å²) in [4.78, 5) is 11.8. The molecule has 4 aromatic rings. The fraction of sp³-hybridized carbons (Fsp3) is 0.417. The van der Waals surface area contributed by atoms with Crippen molar-refractivity contribution >= 4 is 28.2 Å². The molecule has 34 heavy (non-hydrogen) atoms. The SMILES string of the molecule is COc1cc(Nc2nc(-c3cnn(C(C)C(C)C)c3)nc3cn[nH]c23)ccc1N1CCOCC1. The fourth-order valence-electron chi connectivity index (χ4n) is 4.00. The van der Waals surface area contributed by atoms with Crippen LogP contribution in [0.25, 0.3) is 22.4 Å². The van der Waals surface area contributed by atoms with Gasteiger partial charge in [0.15, 0.2) is 11.6 Å². The van der Waals surface area contributed by atoms with Crippen LogP contribution < -0.4 is 15.0 Å². The number of hydrogen-bond acceptors (Lipinski definition) is 8. The maximum Gasteiger partial charge on any atom is 0.165 e. The van der Waals surface area contributed by atoms with E-state index < -0.39 is 0 Å². The number of ether oxygens (including phenoxy) is 2. The number of morpholine rings is 1. The Balaban J connectivity index is 1.47. The van der Waals surface area contributed by atoms with Crippen LogP contribution >= 0.6 is 0 Å². The molecular weight excluding hydrogens is 432 g/mol. The summed E-state index contributed by atoms with van der Waals surface area (Å²) in [5, 5.41) is 15.1. The molecule has 10 heteroatoms. The summed E-state index contributed by atoms with van der Waals surface area (Å²) < 4.78 is 13.1. The number of nitrogens with zero attached hydrogens (tertiary/aromatic N) is 6. The number of aromatic nitrogens is 6. The van der Waals surface area contributed by atoms with Crippen LogP contribution in [0.2, 0.25) is 0 Å². The van der Waals surface area contributed by atoms with E-state index in [1.807, 2.05) is 29.2 Å². The van der Waals surface area contributed by atoms with Gasteiger partial charge in [0, 0.05) is 31.0 Å². The second-order valence-corrected chi connectivity index (χ2v) is 8.83. The van der Waals surface area contributed by atoms with Gasteiger partial charge in [-0.3, -0.25) is 9.78 Å². The Morgan fingerprint density at radius 1 is 1.12 bits per heavy atom. The van der Waals surface area contributed by atoms with E-state index in [-0.39, 0.29) is 6.04 Å². The minimum absolute atomic E-state index is 0.279. The lowest BCUT2D eigenvalue weighted by atomic mass is 10.1. The number of methoxy groups -OCH3 is 1. The second-order valence-electron chi connectivity index (χ2n) is 8.83. The number of benzene rings is 1. The van der Waals surface area contributed by atoms with Crippen molar-refractivity contribution in [3.63, 3.8) is 0 Å². The molecule has 3 aromatic heterocycles. The molecule has 1 aromatic carbocycles. The van der Waals surface area contributed by atoms with Crippen molar-refractivity contribution in [2.24, 2.45) is 5.92 Å². The largest absolute Gasteiger partial charge is 0.495 e. The van der Waals surface area contributed by atoms with Crippen molar-refractivity contribution in [1.82, 2.24) is 29.9 Å². The van der Waals surface area contributed by atoms with Crippen molar-refractivity contribution in [2.75, 3.05) is 43.6 Å². The van der Waals surface area contributed by atoms with Crippen LogP contribution in [0.5, 0.6) is 5.75 Å². The van der Waals surface area contributed by atoms with E-state index in [0.29, 0.717) is 17.6 Å². The predicted molar refractivity (Wildman–Crippen MR) is 132 cm³/mol. The fourth-order valence-corrected chi connectivity index (χ4v) is 4.00. The van der Waals surface area contributed by atoms with Crippen LogP contribution in [-0.2, 0) is 4.74 Å². The first-order chi connectivity index (χ1) is 16.5. The van der Waals surface area contributed by atoms with Crippen molar-refractivity contribution in [3.8, 4) is 17.1 Å². The van der Waals surface area contributed by atoms with E-state index in [4.69, 9.17) is 19.4 Å². The Bertz CT molecular complexity index is 1280. The molecule has 0 bridgehead atoms.